The van der Waals surface area contributed by atoms with Crippen molar-refractivity contribution in [2.75, 3.05) is 44.7 Å². The van der Waals surface area contributed by atoms with Gasteiger partial charge in [0.15, 0.2) is 0 Å². The molecule has 3 saturated heterocycles. The van der Waals surface area contributed by atoms with Gasteiger partial charge in [-0.1, -0.05) is 30.3 Å². The van der Waals surface area contributed by atoms with Crippen molar-refractivity contribution in [2.45, 2.75) is 63.3 Å². The summed E-state index contributed by atoms with van der Waals surface area (Å²) in [5.41, 5.74) is 3.95. The molecule has 9 nitrogen and oxygen atoms in total. The number of anilines is 1. The molecule has 200 valence electrons. The molecule has 0 saturated carbocycles. The molecule has 4 aliphatic heterocycles. The summed E-state index contributed by atoms with van der Waals surface area (Å²) in [4.78, 5) is 25.5. The van der Waals surface area contributed by atoms with Crippen LogP contribution in [0, 0.1) is 11.3 Å². The molecule has 1 amide bonds. The lowest BCUT2D eigenvalue weighted by Crippen LogP contribution is -2.56. The minimum atomic E-state index is -0.826. The van der Waals surface area contributed by atoms with E-state index in [0.29, 0.717) is 43.7 Å². The van der Waals surface area contributed by atoms with Gasteiger partial charge in [-0.3, -0.25) is 9.80 Å². The molecule has 0 spiro atoms. The Morgan fingerprint density at radius 2 is 1.89 bits per heavy atom. The lowest BCUT2D eigenvalue weighted by atomic mass is 9.95. The number of pyridine rings is 1. The highest BCUT2D eigenvalue weighted by atomic mass is 16.5. The van der Waals surface area contributed by atoms with Gasteiger partial charge in [0, 0.05) is 44.3 Å². The summed E-state index contributed by atoms with van der Waals surface area (Å²) in [6.07, 6.45) is 3.99. The summed E-state index contributed by atoms with van der Waals surface area (Å²) in [7, 11) is 2.12. The molecule has 1 aromatic carbocycles. The third-order valence-electron chi connectivity index (χ3n) is 8.86. The second-order valence-corrected chi connectivity index (χ2v) is 11.2. The van der Waals surface area contributed by atoms with Crippen LogP contribution < -0.4 is 9.64 Å². The molecular formula is C29H36N6O3. The Morgan fingerprint density at radius 3 is 2.55 bits per heavy atom. The van der Waals surface area contributed by atoms with E-state index < -0.39 is 6.09 Å². The first-order valence-electron chi connectivity index (χ1n) is 13.8. The predicted molar refractivity (Wildman–Crippen MR) is 143 cm³/mol. The van der Waals surface area contributed by atoms with Gasteiger partial charge >= 0.3 is 6.09 Å². The fraction of sp³-hybridized carbons (Fsp3) is 0.552. The maximum Gasteiger partial charge on any atom is 0.407 e. The number of aromatic nitrogens is 1. The number of piperazine rings is 1. The first-order valence-corrected chi connectivity index (χ1v) is 13.8. The average Bonchev–Trinajstić information content (AvgIpc) is 3.46. The number of nitrogens with zero attached hydrogens (tertiary/aromatic N) is 6. The van der Waals surface area contributed by atoms with E-state index in [0.717, 1.165) is 68.7 Å². The quantitative estimate of drug-likeness (QED) is 0.625. The van der Waals surface area contributed by atoms with E-state index in [9.17, 15) is 15.2 Å². The number of ether oxygens (including phenoxy) is 1. The molecule has 4 aliphatic rings. The predicted octanol–water partition coefficient (Wildman–Crippen LogP) is 3.32. The normalized spacial score (nSPS) is 25.3. The van der Waals surface area contributed by atoms with Crippen molar-refractivity contribution in [1.29, 1.82) is 5.26 Å². The smallest absolute Gasteiger partial charge is 0.407 e. The van der Waals surface area contributed by atoms with Crippen molar-refractivity contribution in [3.8, 4) is 11.9 Å². The number of nitriles is 1. The third kappa shape index (κ3) is 4.67. The summed E-state index contributed by atoms with van der Waals surface area (Å²) in [6, 6.07) is 13.2. The van der Waals surface area contributed by atoms with E-state index in [1.807, 2.05) is 6.07 Å². The second-order valence-electron chi connectivity index (χ2n) is 11.2. The van der Waals surface area contributed by atoms with Crippen LogP contribution in [-0.4, -0.2) is 88.8 Å². The van der Waals surface area contributed by atoms with Gasteiger partial charge < -0.3 is 19.6 Å². The summed E-state index contributed by atoms with van der Waals surface area (Å²) in [6.45, 7) is 5.22. The fourth-order valence-corrected chi connectivity index (χ4v) is 6.86. The monoisotopic (exact) mass is 516 g/mol. The summed E-state index contributed by atoms with van der Waals surface area (Å²) in [5.74, 6) is 1.31. The van der Waals surface area contributed by atoms with Crippen molar-refractivity contribution in [1.82, 2.24) is 19.7 Å². The lowest BCUT2D eigenvalue weighted by molar-refractivity contribution is 0.114. The molecule has 38 heavy (non-hydrogen) atoms. The van der Waals surface area contributed by atoms with Crippen molar-refractivity contribution in [3.63, 3.8) is 0 Å². The summed E-state index contributed by atoms with van der Waals surface area (Å²) >= 11 is 0. The molecule has 6 rings (SSSR count). The van der Waals surface area contributed by atoms with Crippen molar-refractivity contribution >= 4 is 11.9 Å². The van der Waals surface area contributed by atoms with E-state index in [4.69, 9.17) is 9.72 Å². The zero-order valence-electron chi connectivity index (χ0n) is 22.1. The zero-order chi connectivity index (χ0) is 26.2. The van der Waals surface area contributed by atoms with Crippen LogP contribution in [0.3, 0.4) is 0 Å². The Hall–Kier alpha value is -3.35. The summed E-state index contributed by atoms with van der Waals surface area (Å²) < 4.78 is 6.34. The SMILES string of the molecule is CN1CCC[C@H]1COc1nc(N2CC3CCC(C2)N3C(=O)O)c2c(c1C#N)CN(Cc1ccccc1)CC2. The fourth-order valence-electron chi connectivity index (χ4n) is 6.86. The number of hydrogen-bond donors (Lipinski definition) is 1. The van der Waals surface area contributed by atoms with E-state index in [1.165, 1.54) is 5.56 Å². The van der Waals surface area contributed by atoms with Crippen LogP contribution >= 0.6 is 0 Å². The van der Waals surface area contributed by atoms with Crippen LogP contribution in [0.1, 0.15) is 47.9 Å². The molecule has 0 radical (unpaired) electrons. The number of fused-ring (bicyclic) bond motifs is 3. The van der Waals surface area contributed by atoms with Crippen LogP contribution in [-0.2, 0) is 19.5 Å². The minimum Gasteiger partial charge on any atom is -0.475 e. The average molecular weight is 517 g/mol. The Morgan fingerprint density at radius 1 is 1.13 bits per heavy atom. The van der Waals surface area contributed by atoms with Gasteiger partial charge in [0.25, 0.3) is 0 Å². The number of rotatable bonds is 6. The molecule has 5 heterocycles. The first kappa shape index (κ1) is 25.0. The maximum atomic E-state index is 11.9. The molecule has 2 aromatic rings. The molecule has 3 atom stereocenters. The van der Waals surface area contributed by atoms with Gasteiger partial charge in [0.05, 0.1) is 12.1 Å². The van der Waals surface area contributed by atoms with Crippen LogP contribution in [0.2, 0.25) is 0 Å². The number of carbonyl (C=O) groups is 1. The van der Waals surface area contributed by atoms with E-state index in [1.54, 1.807) is 4.90 Å². The van der Waals surface area contributed by atoms with E-state index in [2.05, 4.69) is 52.1 Å². The number of likely N-dealkylation sites (N-methyl/N-ethyl adjacent to an activating group) is 1. The number of likely N-dealkylation sites (tertiary alicyclic amines) is 1. The highest BCUT2D eigenvalue weighted by Gasteiger charge is 2.44. The van der Waals surface area contributed by atoms with Gasteiger partial charge in [-0.15, -0.1) is 0 Å². The molecule has 3 fully saturated rings. The van der Waals surface area contributed by atoms with Crippen LogP contribution in [0.25, 0.3) is 0 Å². The Labute approximate surface area is 224 Å². The van der Waals surface area contributed by atoms with Crippen molar-refractivity contribution < 1.29 is 14.6 Å². The molecule has 2 unspecified atom stereocenters. The number of amides is 1. The van der Waals surface area contributed by atoms with Crippen LogP contribution in [0.15, 0.2) is 30.3 Å². The zero-order valence-corrected chi connectivity index (χ0v) is 22.1. The minimum absolute atomic E-state index is 0.0194. The summed E-state index contributed by atoms with van der Waals surface area (Å²) in [5, 5.41) is 20.1. The molecule has 0 aliphatic carbocycles. The Kier molecular flexibility index (Phi) is 6.85. The molecule has 1 aromatic heterocycles. The maximum absolute atomic E-state index is 11.9. The van der Waals surface area contributed by atoms with E-state index >= 15 is 0 Å². The highest BCUT2D eigenvalue weighted by molar-refractivity contribution is 5.68. The largest absolute Gasteiger partial charge is 0.475 e. The molecular weight excluding hydrogens is 480 g/mol. The van der Waals surface area contributed by atoms with Gasteiger partial charge in [0.2, 0.25) is 5.88 Å². The van der Waals surface area contributed by atoms with Gasteiger partial charge in [-0.25, -0.2) is 4.79 Å². The number of benzene rings is 1. The molecule has 1 N–H and O–H groups in total. The highest BCUT2D eigenvalue weighted by Crippen LogP contribution is 2.39. The van der Waals surface area contributed by atoms with Gasteiger partial charge in [0.1, 0.15) is 24.1 Å². The topological polar surface area (TPSA) is 96.2 Å². The molecule has 2 bridgehead atoms. The Balaban J connectivity index is 1.33. The second kappa shape index (κ2) is 10.4. The van der Waals surface area contributed by atoms with Crippen LogP contribution in [0.5, 0.6) is 5.88 Å². The van der Waals surface area contributed by atoms with E-state index in [-0.39, 0.29) is 12.1 Å². The lowest BCUT2D eigenvalue weighted by Gasteiger charge is -2.42. The number of hydrogen-bond acceptors (Lipinski definition) is 7. The molecule has 9 heteroatoms. The third-order valence-corrected chi connectivity index (χ3v) is 8.86. The van der Waals surface area contributed by atoms with Crippen molar-refractivity contribution in [3.05, 3.63) is 52.6 Å². The van der Waals surface area contributed by atoms with Crippen LogP contribution in [0.4, 0.5) is 10.6 Å². The van der Waals surface area contributed by atoms with Gasteiger partial charge in [-0.2, -0.15) is 10.2 Å². The number of carboxylic acid groups (broad SMARTS) is 1. The standard InChI is InChI=1S/C29H36N6O3/c1-32-12-5-8-23(32)19-38-28-25(14-30)26-18-33(15-20-6-3-2-4-7-20)13-11-24(26)27(31-28)34-16-21-9-10-22(17-34)35(21)29(36)37/h2-4,6-7,21-23H,5,8-13,15-19H2,1H3,(H,36,37)/t21?,22?,23-/m0/s1. The Bertz CT molecular complexity index is 1220. The van der Waals surface area contributed by atoms with Gasteiger partial charge in [-0.05, 0) is 56.8 Å². The van der Waals surface area contributed by atoms with Crippen molar-refractivity contribution in [2.24, 2.45) is 0 Å². The first-order chi connectivity index (χ1) is 18.5.